The number of hydrogen-bond donors (Lipinski definition) is 1. The van der Waals surface area contributed by atoms with E-state index in [1.165, 1.54) is 7.11 Å². The van der Waals surface area contributed by atoms with Crippen molar-refractivity contribution in [2.75, 3.05) is 27.2 Å². The maximum Gasteiger partial charge on any atom is 0.413 e. The van der Waals surface area contributed by atoms with E-state index < -0.39 is 18.1 Å². The molecule has 0 saturated heterocycles. The van der Waals surface area contributed by atoms with Crippen molar-refractivity contribution in [1.82, 2.24) is 10.2 Å². The molecule has 1 aromatic rings. The quantitative estimate of drug-likeness (QED) is 0.462. The Hall–Kier alpha value is -3.03. The molecule has 0 bridgehead atoms. The minimum absolute atomic E-state index is 0.00626. The Kier molecular flexibility index (Phi) is 7.67. The predicted octanol–water partition coefficient (Wildman–Crippen LogP) is 5.33. The first kappa shape index (κ1) is 25.1. The van der Waals surface area contributed by atoms with E-state index >= 15 is 0 Å². The molecular weight excluding hydrogens is 468 g/mol. The van der Waals surface area contributed by atoms with Crippen LogP contribution in [0.3, 0.4) is 0 Å². The first-order valence-electron chi connectivity index (χ1n) is 11.9. The van der Waals surface area contributed by atoms with Gasteiger partial charge in [-0.1, -0.05) is 44.0 Å². The minimum Gasteiger partial charge on any atom is -0.467 e. The summed E-state index contributed by atoms with van der Waals surface area (Å²) in [6.07, 6.45) is 2.44. The Morgan fingerprint density at radius 3 is 2.80 bits per heavy atom. The van der Waals surface area contributed by atoms with Crippen LogP contribution in [0.1, 0.15) is 42.9 Å². The number of methoxy groups -OCH3 is 1. The summed E-state index contributed by atoms with van der Waals surface area (Å²) in [7, 11) is 3.39. The molecule has 0 aromatic heterocycles. The number of fused-ring (bicyclic) bond motifs is 2. The maximum absolute atomic E-state index is 12.8. The van der Waals surface area contributed by atoms with Crippen LogP contribution in [0.4, 0.5) is 4.79 Å². The minimum atomic E-state index is -0.809. The van der Waals surface area contributed by atoms with E-state index in [0.717, 1.165) is 47.5 Å². The van der Waals surface area contributed by atoms with Crippen molar-refractivity contribution >= 4 is 23.7 Å². The molecule has 35 heavy (non-hydrogen) atoms. The van der Waals surface area contributed by atoms with Crippen molar-refractivity contribution in [2.45, 2.75) is 38.6 Å². The fourth-order valence-corrected chi connectivity index (χ4v) is 4.87. The molecule has 3 atom stereocenters. The zero-order valence-electron chi connectivity index (χ0n) is 20.5. The van der Waals surface area contributed by atoms with E-state index in [1.807, 2.05) is 38.1 Å². The van der Waals surface area contributed by atoms with E-state index in [1.54, 1.807) is 6.26 Å². The summed E-state index contributed by atoms with van der Waals surface area (Å²) in [6, 6.07) is 11.0. The van der Waals surface area contributed by atoms with Gasteiger partial charge in [-0.05, 0) is 54.8 Å². The van der Waals surface area contributed by atoms with Crippen LogP contribution in [0.2, 0.25) is 5.02 Å². The summed E-state index contributed by atoms with van der Waals surface area (Å²) in [6.45, 7) is 5.47. The number of amides is 1. The molecule has 8 heteroatoms. The normalized spacial score (nSPS) is 17.8. The topological polar surface area (TPSA) is 81.0 Å². The summed E-state index contributed by atoms with van der Waals surface area (Å²) < 4.78 is 16.3. The summed E-state index contributed by atoms with van der Waals surface area (Å²) >= 11 is 6.55. The molecule has 2 aliphatic heterocycles. The average Bonchev–Trinajstić information content (AvgIpc) is 3.22. The summed E-state index contributed by atoms with van der Waals surface area (Å²) in [5.41, 5.74) is 4.27. The van der Waals surface area contributed by atoms with Gasteiger partial charge in [0, 0.05) is 30.1 Å². The van der Waals surface area contributed by atoms with E-state index in [2.05, 4.69) is 29.4 Å². The standard InChI is InChI=1S/C27H31ClN2O5/c1-5-16(2)24(26(31)33-4)29-27(32)35-23-14-20-18(13-22(23)28)10-11-30(3)15-21(20)19-9-8-17-7-6-12-34-25(17)19/h6-9,12-14,16,21,24H,5,10-11,15H2,1-4H3,(H,29,32). The van der Waals surface area contributed by atoms with Crippen LogP contribution in [-0.2, 0) is 16.0 Å². The number of nitrogens with zero attached hydrogens (tertiary/aromatic N) is 1. The second-order valence-corrected chi connectivity index (χ2v) is 9.56. The largest absolute Gasteiger partial charge is 0.467 e. The highest BCUT2D eigenvalue weighted by molar-refractivity contribution is 6.32. The lowest BCUT2D eigenvalue weighted by molar-refractivity contribution is -0.144. The van der Waals surface area contributed by atoms with Crippen LogP contribution in [0.15, 0.2) is 47.1 Å². The van der Waals surface area contributed by atoms with Crippen molar-refractivity contribution in [1.29, 1.82) is 0 Å². The van der Waals surface area contributed by atoms with E-state index in [-0.39, 0.29) is 17.6 Å². The number of esters is 1. The fraction of sp³-hybridized carbons (Fsp3) is 0.407. The molecule has 2 heterocycles. The lowest BCUT2D eigenvalue weighted by Gasteiger charge is -2.23. The van der Waals surface area contributed by atoms with E-state index in [9.17, 15) is 9.59 Å². The van der Waals surface area contributed by atoms with Gasteiger partial charge in [0.1, 0.15) is 11.8 Å². The van der Waals surface area contributed by atoms with Gasteiger partial charge < -0.3 is 24.1 Å². The zero-order chi connectivity index (χ0) is 25.1. The van der Waals surface area contributed by atoms with Gasteiger partial charge in [-0.3, -0.25) is 0 Å². The monoisotopic (exact) mass is 498 g/mol. The van der Waals surface area contributed by atoms with Crippen LogP contribution >= 0.6 is 11.6 Å². The SMILES string of the molecule is CCC(C)C(NC(=O)Oc1cc2c(cc1Cl)CCN(C)CC2c1ccc2cccoc1-2)C(=O)OC. The van der Waals surface area contributed by atoms with Gasteiger partial charge in [0.2, 0.25) is 0 Å². The van der Waals surface area contributed by atoms with Crippen molar-refractivity contribution in [2.24, 2.45) is 5.92 Å². The zero-order valence-corrected chi connectivity index (χ0v) is 21.2. The van der Waals surface area contributed by atoms with Gasteiger partial charge in [0.15, 0.2) is 5.75 Å². The van der Waals surface area contributed by atoms with Crippen molar-refractivity contribution in [3.05, 3.63) is 64.4 Å². The molecule has 0 radical (unpaired) electrons. The third-order valence-electron chi connectivity index (χ3n) is 6.85. The highest BCUT2D eigenvalue weighted by Gasteiger charge is 2.30. The lowest BCUT2D eigenvalue weighted by atomic mass is 9.88. The number of nitrogens with one attached hydrogen (secondary N) is 1. The van der Waals surface area contributed by atoms with Crippen LogP contribution in [0, 0.1) is 5.92 Å². The van der Waals surface area contributed by atoms with Crippen molar-refractivity contribution < 1.29 is 23.5 Å². The number of hydrogen-bond acceptors (Lipinski definition) is 6. The van der Waals surface area contributed by atoms with Crippen LogP contribution < -0.4 is 10.1 Å². The molecule has 1 N–H and O–H groups in total. The van der Waals surface area contributed by atoms with Crippen molar-refractivity contribution in [3.63, 3.8) is 0 Å². The Morgan fingerprint density at radius 1 is 1.26 bits per heavy atom. The summed E-state index contributed by atoms with van der Waals surface area (Å²) in [5, 5.41) is 2.98. The lowest BCUT2D eigenvalue weighted by Crippen LogP contribution is -2.46. The molecule has 0 fully saturated rings. The van der Waals surface area contributed by atoms with Gasteiger partial charge in [-0.25, -0.2) is 9.59 Å². The van der Waals surface area contributed by atoms with Gasteiger partial charge in [-0.2, -0.15) is 0 Å². The van der Waals surface area contributed by atoms with E-state index in [0.29, 0.717) is 11.4 Å². The molecule has 1 aliphatic carbocycles. The first-order chi connectivity index (χ1) is 16.8. The molecule has 7 nitrogen and oxygen atoms in total. The van der Waals surface area contributed by atoms with Crippen molar-refractivity contribution in [3.8, 4) is 17.1 Å². The molecule has 4 rings (SSSR count). The molecule has 1 amide bonds. The molecule has 186 valence electrons. The Bertz CT molecular complexity index is 1180. The number of carbonyl (C=O) groups is 2. The van der Waals surface area contributed by atoms with Gasteiger partial charge >= 0.3 is 12.1 Å². The molecule has 0 spiro atoms. The predicted molar refractivity (Wildman–Crippen MR) is 134 cm³/mol. The van der Waals surface area contributed by atoms with Gasteiger partial charge in [0.25, 0.3) is 0 Å². The molecule has 3 unspecified atom stereocenters. The summed E-state index contributed by atoms with van der Waals surface area (Å²) in [5.74, 6) is 0.472. The Balaban J connectivity index is 1.66. The van der Waals surface area contributed by atoms with Gasteiger partial charge in [0.05, 0.1) is 18.4 Å². The van der Waals surface area contributed by atoms with E-state index in [4.69, 9.17) is 25.5 Å². The number of ether oxygens (including phenoxy) is 2. The second kappa shape index (κ2) is 10.7. The highest BCUT2D eigenvalue weighted by Crippen LogP contribution is 2.41. The van der Waals surface area contributed by atoms with Crippen LogP contribution in [0.25, 0.3) is 11.3 Å². The number of benzene rings is 1. The smallest absolute Gasteiger partial charge is 0.413 e. The molecular formula is C27H31ClN2O5. The third kappa shape index (κ3) is 5.31. The van der Waals surface area contributed by atoms with Crippen LogP contribution in [-0.4, -0.2) is 50.3 Å². The number of halogens is 1. The van der Waals surface area contributed by atoms with Crippen LogP contribution in [0.5, 0.6) is 5.75 Å². The Labute approximate surface area is 210 Å². The highest BCUT2D eigenvalue weighted by atomic mass is 35.5. The summed E-state index contributed by atoms with van der Waals surface area (Å²) in [4.78, 5) is 27.2. The molecule has 1 aromatic carbocycles. The number of likely N-dealkylation sites (N-methyl/N-ethyl adjacent to an activating group) is 1. The molecule has 3 aliphatic rings. The number of rotatable bonds is 6. The third-order valence-corrected chi connectivity index (χ3v) is 7.15. The number of carbonyl (C=O) groups excluding carboxylic acids is 2. The maximum atomic E-state index is 12.8. The van der Waals surface area contributed by atoms with Gasteiger partial charge in [-0.15, -0.1) is 0 Å². The second-order valence-electron chi connectivity index (χ2n) is 9.15. The Morgan fingerprint density at radius 2 is 2.06 bits per heavy atom. The first-order valence-corrected chi connectivity index (χ1v) is 12.2. The fourth-order valence-electron chi connectivity index (χ4n) is 4.65. The average molecular weight is 499 g/mol. The molecule has 0 saturated carbocycles.